The van der Waals surface area contributed by atoms with Gasteiger partial charge in [0, 0.05) is 45.1 Å². The third-order valence-corrected chi connectivity index (χ3v) is 6.16. The number of nitrogens with zero attached hydrogens (tertiary/aromatic N) is 5. The molecule has 0 radical (unpaired) electrons. The normalized spacial score (nSPS) is 18.6. The first-order chi connectivity index (χ1) is 12.5. The van der Waals surface area contributed by atoms with Gasteiger partial charge in [-0.1, -0.05) is 5.21 Å². The number of pyridine rings is 1. The Morgan fingerprint density at radius 1 is 1.23 bits per heavy atom. The number of aromatic nitrogens is 4. The van der Waals surface area contributed by atoms with E-state index in [1.807, 2.05) is 12.1 Å². The fraction of sp³-hybridized carbons (Fsp3) is 0.353. The van der Waals surface area contributed by atoms with Crippen LogP contribution in [-0.2, 0) is 23.6 Å². The van der Waals surface area contributed by atoms with E-state index in [1.165, 1.54) is 5.56 Å². The molecule has 26 heavy (non-hydrogen) atoms. The summed E-state index contributed by atoms with van der Waals surface area (Å²) < 4.78 is 29.9. The molecule has 1 aromatic carbocycles. The highest BCUT2D eigenvalue weighted by Crippen LogP contribution is 2.19. The topological polar surface area (TPSA) is 93.0 Å². The average molecular weight is 372 g/mol. The first kappa shape index (κ1) is 17.1. The van der Waals surface area contributed by atoms with Gasteiger partial charge in [-0.2, -0.15) is 0 Å². The summed E-state index contributed by atoms with van der Waals surface area (Å²) in [4.78, 5) is 6.48. The molecule has 4 rings (SSSR count). The summed E-state index contributed by atoms with van der Waals surface area (Å²) in [5.74, 6) is 0. The quantitative estimate of drug-likeness (QED) is 0.716. The van der Waals surface area contributed by atoms with Crippen LogP contribution in [0.4, 0.5) is 0 Å². The average Bonchev–Trinajstić information content (AvgIpc) is 3.22. The molecule has 1 N–H and O–H groups in total. The van der Waals surface area contributed by atoms with Gasteiger partial charge in [-0.15, -0.1) is 5.10 Å². The SMILES string of the molecule is Cn1nnc2cc(S(=O)(=O)N[C@H]3CCN(Cc4ccncc4)C3)ccc21. The third-order valence-electron chi connectivity index (χ3n) is 4.64. The van der Waals surface area contributed by atoms with Crippen molar-refractivity contribution in [1.29, 1.82) is 0 Å². The van der Waals surface area contributed by atoms with Crippen LogP contribution in [0, 0.1) is 0 Å². The van der Waals surface area contributed by atoms with Crippen LogP contribution >= 0.6 is 0 Å². The molecule has 3 heterocycles. The minimum atomic E-state index is -3.59. The Hall–Kier alpha value is -2.36. The smallest absolute Gasteiger partial charge is 0.240 e. The molecule has 0 saturated carbocycles. The lowest BCUT2D eigenvalue weighted by Gasteiger charge is -2.17. The van der Waals surface area contributed by atoms with Gasteiger partial charge >= 0.3 is 0 Å². The van der Waals surface area contributed by atoms with Gasteiger partial charge in [0.05, 0.1) is 10.4 Å². The molecular formula is C17H20N6O2S. The molecule has 3 aromatic rings. The van der Waals surface area contributed by atoms with Gasteiger partial charge in [-0.05, 0) is 42.3 Å². The Balaban J connectivity index is 1.44. The number of hydrogen-bond acceptors (Lipinski definition) is 6. The van der Waals surface area contributed by atoms with E-state index in [-0.39, 0.29) is 10.9 Å². The van der Waals surface area contributed by atoms with Crippen molar-refractivity contribution in [3.63, 3.8) is 0 Å². The van der Waals surface area contributed by atoms with Crippen LogP contribution in [0.3, 0.4) is 0 Å². The molecule has 0 aliphatic carbocycles. The molecule has 1 atom stereocenters. The lowest BCUT2D eigenvalue weighted by molar-refractivity contribution is 0.324. The molecule has 136 valence electrons. The number of likely N-dealkylation sites (tertiary alicyclic amines) is 1. The molecular weight excluding hydrogens is 352 g/mol. The van der Waals surface area contributed by atoms with Crippen molar-refractivity contribution in [2.75, 3.05) is 13.1 Å². The molecule has 0 unspecified atom stereocenters. The number of fused-ring (bicyclic) bond motifs is 1. The molecule has 0 bridgehead atoms. The number of aryl methyl sites for hydroxylation is 1. The maximum atomic E-state index is 12.7. The second kappa shape index (κ2) is 6.75. The van der Waals surface area contributed by atoms with Crippen molar-refractivity contribution in [1.82, 2.24) is 29.6 Å². The van der Waals surface area contributed by atoms with Crippen molar-refractivity contribution in [2.45, 2.75) is 23.9 Å². The minimum Gasteiger partial charge on any atom is -0.297 e. The fourth-order valence-corrected chi connectivity index (χ4v) is 4.58. The molecule has 1 aliphatic heterocycles. The summed E-state index contributed by atoms with van der Waals surface area (Å²) in [7, 11) is -1.81. The van der Waals surface area contributed by atoms with E-state index >= 15 is 0 Å². The highest BCUT2D eigenvalue weighted by Gasteiger charge is 2.27. The summed E-state index contributed by atoms with van der Waals surface area (Å²) in [6.45, 7) is 2.35. The summed E-state index contributed by atoms with van der Waals surface area (Å²) >= 11 is 0. The lowest BCUT2D eigenvalue weighted by atomic mass is 10.2. The van der Waals surface area contributed by atoms with Crippen LogP contribution in [-0.4, -0.2) is 52.4 Å². The van der Waals surface area contributed by atoms with E-state index in [0.717, 1.165) is 25.0 Å². The molecule has 9 heteroatoms. The Morgan fingerprint density at radius 2 is 2.04 bits per heavy atom. The molecule has 8 nitrogen and oxygen atoms in total. The highest BCUT2D eigenvalue weighted by atomic mass is 32.2. The number of nitrogens with one attached hydrogen (secondary N) is 1. The Kier molecular flexibility index (Phi) is 4.43. The zero-order valence-electron chi connectivity index (χ0n) is 14.4. The zero-order chi connectivity index (χ0) is 18.1. The molecule has 2 aromatic heterocycles. The van der Waals surface area contributed by atoms with Crippen molar-refractivity contribution >= 4 is 21.1 Å². The Labute approximate surface area is 151 Å². The second-order valence-corrected chi connectivity index (χ2v) is 8.28. The molecule has 0 amide bonds. The monoisotopic (exact) mass is 372 g/mol. The second-order valence-electron chi connectivity index (χ2n) is 6.56. The van der Waals surface area contributed by atoms with Gasteiger partial charge in [-0.25, -0.2) is 17.8 Å². The maximum Gasteiger partial charge on any atom is 0.240 e. The fourth-order valence-electron chi connectivity index (χ4n) is 3.29. The van der Waals surface area contributed by atoms with Gasteiger partial charge in [0.25, 0.3) is 0 Å². The first-order valence-electron chi connectivity index (χ1n) is 8.44. The van der Waals surface area contributed by atoms with E-state index < -0.39 is 10.0 Å². The van der Waals surface area contributed by atoms with Crippen LogP contribution < -0.4 is 4.72 Å². The third kappa shape index (κ3) is 3.46. The molecule has 1 fully saturated rings. The minimum absolute atomic E-state index is 0.0978. The van der Waals surface area contributed by atoms with Gasteiger partial charge in [-0.3, -0.25) is 9.88 Å². The summed E-state index contributed by atoms with van der Waals surface area (Å²) in [6, 6.07) is 8.75. The lowest BCUT2D eigenvalue weighted by Crippen LogP contribution is -2.36. The largest absolute Gasteiger partial charge is 0.297 e. The number of rotatable bonds is 5. The van der Waals surface area contributed by atoms with E-state index in [4.69, 9.17) is 0 Å². The van der Waals surface area contributed by atoms with Crippen LogP contribution in [0.5, 0.6) is 0 Å². The Morgan fingerprint density at radius 3 is 2.85 bits per heavy atom. The number of benzene rings is 1. The van der Waals surface area contributed by atoms with Crippen molar-refractivity contribution in [2.24, 2.45) is 7.05 Å². The van der Waals surface area contributed by atoms with Crippen LogP contribution in [0.15, 0.2) is 47.6 Å². The Bertz CT molecular complexity index is 1020. The van der Waals surface area contributed by atoms with E-state index in [0.29, 0.717) is 12.1 Å². The molecule has 1 aliphatic rings. The number of hydrogen-bond donors (Lipinski definition) is 1. The molecule has 1 saturated heterocycles. The van der Waals surface area contributed by atoms with Crippen LogP contribution in [0.25, 0.3) is 11.0 Å². The van der Waals surface area contributed by atoms with Gasteiger partial charge in [0.2, 0.25) is 10.0 Å². The first-order valence-corrected chi connectivity index (χ1v) is 9.93. The zero-order valence-corrected chi connectivity index (χ0v) is 15.2. The number of sulfonamides is 1. The summed E-state index contributed by atoms with van der Waals surface area (Å²) in [5.41, 5.74) is 2.55. The molecule has 0 spiro atoms. The summed E-state index contributed by atoms with van der Waals surface area (Å²) in [6.07, 6.45) is 4.33. The van der Waals surface area contributed by atoms with Crippen molar-refractivity contribution < 1.29 is 8.42 Å². The predicted molar refractivity (Wildman–Crippen MR) is 96.7 cm³/mol. The van der Waals surface area contributed by atoms with Crippen LogP contribution in [0.2, 0.25) is 0 Å². The van der Waals surface area contributed by atoms with E-state index in [1.54, 1.807) is 42.3 Å². The predicted octanol–water partition coefficient (Wildman–Crippen LogP) is 0.916. The van der Waals surface area contributed by atoms with Gasteiger partial charge in [0.15, 0.2) is 0 Å². The maximum absolute atomic E-state index is 12.7. The summed E-state index contributed by atoms with van der Waals surface area (Å²) in [5, 5.41) is 7.90. The van der Waals surface area contributed by atoms with Crippen molar-refractivity contribution in [3.8, 4) is 0 Å². The van der Waals surface area contributed by atoms with Gasteiger partial charge < -0.3 is 0 Å². The van der Waals surface area contributed by atoms with E-state index in [2.05, 4.69) is 24.9 Å². The standard InChI is InChI=1S/C17H20N6O2S/c1-22-17-3-2-15(10-16(17)19-21-22)26(24,25)20-14-6-9-23(12-14)11-13-4-7-18-8-5-13/h2-5,7-8,10,14,20H,6,9,11-12H2,1H3/t14-/m0/s1. The van der Waals surface area contributed by atoms with Crippen LogP contribution in [0.1, 0.15) is 12.0 Å². The highest BCUT2D eigenvalue weighted by molar-refractivity contribution is 7.89. The van der Waals surface area contributed by atoms with E-state index in [9.17, 15) is 8.42 Å². The van der Waals surface area contributed by atoms with Gasteiger partial charge in [0.1, 0.15) is 5.52 Å². The van der Waals surface area contributed by atoms with Crippen molar-refractivity contribution in [3.05, 3.63) is 48.3 Å².